The normalized spacial score (nSPS) is 21.8. The topological polar surface area (TPSA) is 70.7 Å². The molecule has 0 radical (unpaired) electrons. The van der Waals surface area contributed by atoms with Crippen LogP contribution in [0.1, 0.15) is 17.5 Å². The first-order valence-corrected chi connectivity index (χ1v) is 11.7. The lowest BCUT2D eigenvalue weighted by molar-refractivity contribution is -0.889. The second-order valence-corrected chi connectivity index (χ2v) is 9.99. The molecule has 0 bridgehead atoms. The number of hydrogen-bond donors (Lipinski definition) is 2. The van der Waals surface area contributed by atoms with Crippen molar-refractivity contribution in [1.82, 2.24) is 4.90 Å². The molecule has 2 aliphatic rings. The molecule has 7 nitrogen and oxygen atoms in total. The molecule has 1 unspecified atom stereocenters. The summed E-state index contributed by atoms with van der Waals surface area (Å²) in [6.07, 6.45) is 2.28. The monoisotopic (exact) mass is 471 g/mol. The van der Waals surface area contributed by atoms with E-state index in [0.717, 1.165) is 36.1 Å². The minimum Gasteiger partial charge on any atom is -0.380 e. The van der Waals surface area contributed by atoms with Gasteiger partial charge in [-0.05, 0) is 47.5 Å². The van der Waals surface area contributed by atoms with E-state index in [0.29, 0.717) is 23.7 Å². The van der Waals surface area contributed by atoms with Crippen molar-refractivity contribution in [2.45, 2.75) is 31.4 Å². The molecule has 1 fully saturated rings. The van der Waals surface area contributed by atoms with Crippen molar-refractivity contribution in [3.05, 3.63) is 58.6 Å². The Balaban J connectivity index is 1.46. The van der Waals surface area contributed by atoms with Crippen LogP contribution in [0.5, 0.6) is 0 Å². The Bertz CT molecular complexity index is 1020. The van der Waals surface area contributed by atoms with E-state index in [2.05, 4.69) is 36.9 Å². The number of methoxy groups -OCH3 is 1. The van der Waals surface area contributed by atoms with Crippen LogP contribution in [-0.2, 0) is 22.4 Å². The summed E-state index contributed by atoms with van der Waals surface area (Å²) in [5.74, 6) is -0.203. The van der Waals surface area contributed by atoms with Gasteiger partial charge in [0.15, 0.2) is 0 Å². The van der Waals surface area contributed by atoms with E-state index in [1.807, 2.05) is 6.07 Å². The number of likely N-dealkylation sites (N-methyl/N-ethyl adjacent to an activating group) is 1. The quantitative estimate of drug-likeness (QED) is 0.667. The highest BCUT2D eigenvalue weighted by Crippen LogP contribution is 2.26. The van der Waals surface area contributed by atoms with Crippen LogP contribution in [0.3, 0.4) is 0 Å². The van der Waals surface area contributed by atoms with Crippen LogP contribution in [-0.4, -0.2) is 74.3 Å². The number of ether oxygens (including phenoxy) is 1. The third-order valence-corrected chi connectivity index (χ3v) is 6.95. The van der Waals surface area contributed by atoms with E-state index >= 15 is 0 Å². The van der Waals surface area contributed by atoms with Gasteiger partial charge in [-0.25, -0.2) is 4.79 Å². The van der Waals surface area contributed by atoms with Gasteiger partial charge in [-0.3, -0.25) is 4.79 Å². The number of likely N-dealkylation sites (tertiary alicyclic amines) is 1. The van der Waals surface area contributed by atoms with E-state index in [1.165, 1.54) is 11.1 Å². The van der Waals surface area contributed by atoms with Gasteiger partial charge < -0.3 is 24.8 Å². The molecule has 4 rings (SSSR count). The van der Waals surface area contributed by atoms with Crippen LogP contribution in [0.2, 0.25) is 5.02 Å². The van der Waals surface area contributed by atoms with Crippen molar-refractivity contribution in [1.29, 1.82) is 0 Å². The van der Waals surface area contributed by atoms with Gasteiger partial charge in [-0.1, -0.05) is 17.7 Å². The summed E-state index contributed by atoms with van der Waals surface area (Å²) in [5, 5.41) is 6.48. The van der Waals surface area contributed by atoms with Gasteiger partial charge in [0, 0.05) is 49.3 Å². The molecule has 2 aliphatic heterocycles. The van der Waals surface area contributed by atoms with Crippen molar-refractivity contribution in [3.8, 4) is 0 Å². The number of quaternary nitrogens is 1. The lowest BCUT2D eigenvalue weighted by Crippen LogP contribution is -2.45. The van der Waals surface area contributed by atoms with E-state index in [4.69, 9.17) is 16.3 Å². The van der Waals surface area contributed by atoms with E-state index < -0.39 is 6.04 Å². The number of rotatable bonds is 4. The van der Waals surface area contributed by atoms with Crippen LogP contribution >= 0.6 is 11.6 Å². The highest BCUT2D eigenvalue weighted by Gasteiger charge is 2.40. The van der Waals surface area contributed by atoms with Crippen LogP contribution in [0.25, 0.3) is 0 Å². The number of amides is 3. The summed E-state index contributed by atoms with van der Waals surface area (Å²) in [6.45, 7) is 2.53. The number of urea groups is 1. The number of carbonyl (C=O) groups is 2. The fourth-order valence-electron chi connectivity index (χ4n) is 4.53. The number of fused-ring (bicyclic) bond motifs is 1. The number of benzene rings is 2. The Morgan fingerprint density at radius 1 is 1.00 bits per heavy atom. The Hall–Kier alpha value is -2.61. The number of nitrogens with one attached hydrogen (secondary N) is 2. The Morgan fingerprint density at radius 3 is 2.36 bits per heavy atom. The summed E-state index contributed by atoms with van der Waals surface area (Å²) >= 11 is 5.93. The molecule has 2 atom stereocenters. The first-order chi connectivity index (χ1) is 15.7. The maximum absolute atomic E-state index is 13.2. The molecular formula is C25H32ClN4O3+. The molecule has 8 heteroatoms. The van der Waals surface area contributed by atoms with Gasteiger partial charge in [-0.15, -0.1) is 0 Å². The highest BCUT2D eigenvalue weighted by molar-refractivity contribution is 6.30. The van der Waals surface area contributed by atoms with E-state index in [9.17, 15) is 9.59 Å². The summed E-state index contributed by atoms with van der Waals surface area (Å²) in [6, 6.07) is 12.1. The van der Waals surface area contributed by atoms with Gasteiger partial charge in [0.05, 0.1) is 33.3 Å². The van der Waals surface area contributed by atoms with Crippen LogP contribution in [0, 0.1) is 0 Å². The Morgan fingerprint density at radius 2 is 1.67 bits per heavy atom. The van der Waals surface area contributed by atoms with Crippen molar-refractivity contribution in [3.63, 3.8) is 0 Å². The molecule has 0 saturated carbocycles. The fourth-order valence-corrected chi connectivity index (χ4v) is 4.66. The van der Waals surface area contributed by atoms with Crippen LogP contribution in [0.15, 0.2) is 42.5 Å². The summed E-state index contributed by atoms with van der Waals surface area (Å²) in [7, 11) is 6.11. The Kier molecular flexibility index (Phi) is 6.93. The molecule has 33 heavy (non-hydrogen) atoms. The third-order valence-electron chi connectivity index (χ3n) is 6.70. The van der Waals surface area contributed by atoms with Crippen molar-refractivity contribution in [2.75, 3.05) is 51.5 Å². The van der Waals surface area contributed by atoms with Crippen molar-refractivity contribution < 1.29 is 18.8 Å². The van der Waals surface area contributed by atoms with Gasteiger partial charge >= 0.3 is 6.03 Å². The molecule has 2 N–H and O–H groups in total. The second-order valence-electron chi connectivity index (χ2n) is 9.55. The van der Waals surface area contributed by atoms with Gasteiger partial charge in [0.2, 0.25) is 5.91 Å². The molecule has 3 amide bonds. The minimum absolute atomic E-state index is 0.191. The second kappa shape index (κ2) is 9.71. The minimum atomic E-state index is -0.614. The zero-order valence-corrected chi connectivity index (χ0v) is 20.2. The molecule has 0 aliphatic carbocycles. The van der Waals surface area contributed by atoms with Gasteiger partial charge in [-0.2, -0.15) is 0 Å². The predicted molar refractivity (Wildman–Crippen MR) is 131 cm³/mol. The molecule has 2 heterocycles. The zero-order valence-electron chi connectivity index (χ0n) is 19.4. The van der Waals surface area contributed by atoms with Crippen LogP contribution < -0.4 is 10.6 Å². The van der Waals surface area contributed by atoms with Crippen molar-refractivity contribution >= 4 is 34.9 Å². The highest BCUT2D eigenvalue weighted by atomic mass is 35.5. The summed E-state index contributed by atoms with van der Waals surface area (Å²) in [4.78, 5) is 27.7. The number of carbonyl (C=O) groups excluding carboxylic acids is 2. The largest absolute Gasteiger partial charge is 0.380 e. The van der Waals surface area contributed by atoms with Crippen LogP contribution in [0.4, 0.5) is 16.2 Å². The molecular weight excluding hydrogens is 440 g/mol. The first kappa shape index (κ1) is 23.5. The Labute approximate surface area is 200 Å². The number of anilines is 2. The third kappa shape index (κ3) is 5.66. The number of halogens is 1. The lowest BCUT2D eigenvalue weighted by Gasteiger charge is -2.27. The summed E-state index contributed by atoms with van der Waals surface area (Å²) in [5.41, 5.74) is 4.03. The maximum atomic E-state index is 13.2. The predicted octanol–water partition coefficient (Wildman–Crippen LogP) is 3.77. The molecule has 1 saturated heterocycles. The number of nitrogens with zero attached hydrogens (tertiary/aromatic N) is 2. The number of hydrogen-bond acceptors (Lipinski definition) is 3. The lowest BCUT2D eigenvalue weighted by atomic mass is 10.0. The smallest absolute Gasteiger partial charge is 0.322 e. The standard InChI is InChI=1S/C25H31ClN4O3/c1-30(2)12-10-17-4-7-21(14-18(17)11-13-30)27-24(31)23-15-22(33-3)16-29(23)25(32)28-20-8-5-19(26)6-9-20/h4-9,14,22-23H,10-13,15-16H2,1-3H3,(H-,27,28,31,32)/p+1/t22?,23-/m1/s1. The van der Waals surface area contributed by atoms with Crippen molar-refractivity contribution in [2.24, 2.45) is 0 Å². The molecule has 176 valence electrons. The SMILES string of the molecule is COC1C[C@H](C(=O)Nc2ccc3c(c2)CC[N+](C)(C)CC3)N(C(=O)Nc2ccc(Cl)cc2)C1. The van der Waals surface area contributed by atoms with Gasteiger partial charge in [0.25, 0.3) is 0 Å². The average Bonchev–Trinajstić information content (AvgIpc) is 3.17. The summed E-state index contributed by atoms with van der Waals surface area (Å²) < 4.78 is 6.47. The molecule has 2 aromatic rings. The van der Waals surface area contributed by atoms with Gasteiger partial charge in [0.1, 0.15) is 6.04 Å². The maximum Gasteiger partial charge on any atom is 0.322 e. The molecule has 0 spiro atoms. The first-order valence-electron chi connectivity index (χ1n) is 11.3. The molecule has 2 aromatic carbocycles. The van der Waals surface area contributed by atoms with E-state index in [-0.39, 0.29) is 18.0 Å². The van der Waals surface area contributed by atoms with E-state index in [1.54, 1.807) is 36.3 Å². The average molecular weight is 472 g/mol. The fraction of sp³-hybridized carbons (Fsp3) is 0.440. The molecule has 0 aromatic heterocycles. The zero-order chi connectivity index (χ0) is 23.6.